The monoisotopic (exact) mass is 266 g/mol. The molecule has 0 aromatic carbocycles. The van der Waals surface area contributed by atoms with Crippen LogP contribution in [0.3, 0.4) is 0 Å². The first-order valence-corrected chi connectivity index (χ1v) is 8.57. The smallest absolute Gasteiger partial charge is 0.00792 e. The van der Waals surface area contributed by atoms with Gasteiger partial charge in [-0.2, -0.15) is 0 Å². The van der Waals surface area contributed by atoms with Crippen molar-refractivity contribution in [3.8, 4) is 0 Å². The molecule has 2 nitrogen and oxygen atoms in total. The fourth-order valence-corrected chi connectivity index (χ4v) is 4.12. The molecule has 1 aliphatic carbocycles. The van der Waals surface area contributed by atoms with Gasteiger partial charge in [0.25, 0.3) is 0 Å². The predicted octanol–water partition coefficient (Wildman–Crippen LogP) is 3.52. The van der Waals surface area contributed by atoms with Crippen molar-refractivity contribution in [3.63, 3.8) is 0 Å². The van der Waals surface area contributed by atoms with Gasteiger partial charge in [0.05, 0.1) is 0 Å². The Hall–Kier alpha value is -0.0800. The van der Waals surface area contributed by atoms with Crippen molar-refractivity contribution in [2.75, 3.05) is 26.7 Å². The quantitative estimate of drug-likeness (QED) is 0.819. The normalized spacial score (nSPS) is 35.2. The first kappa shape index (κ1) is 15.3. The zero-order valence-electron chi connectivity index (χ0n) is 13.3. The Labute approximate surface area is 120 Å². The summed E-state index contributed by atoms with van der Waals surface area (Å²) in [5.74, 6) is 2.84. The van der Waals surface area contributed by atoms with Crippen molar-refractivity contribution < 1.29 is 0 Å². The zero-order chi connectivity index (χ0) is 13.7. The van der Waals surface area contributed by atoms with Gasteiger partial charge >= 0.3 is 0 Å². The van der Waals surface area contributed by atoms with Gasteiger partial charge in [-0.15, -0.1) is 0 Å². The molecule has 1 heterocycles. The van der Waals surface area contributed by atoms with E-state index in [1.165, 1.54) is 64.6 Å². The van der Waals surface area contributed by atoms with Crippen LogP contribution in [-0.4, -0.2) is 37.6 Å². The van der Waals surface area contributed by atoms with Gasteiger partial charge in [-0.05, 0) is 70.5 Å². The second-order valence-electron chi connectivity index (χ2n) is 7.33. The Balaban J connectivity index is 1.61. The summed E-state index contributed by atoms with van der Waals surface area (Å²) in [6.07, 6.45) is 10.1. The Morgan fingerprint density at radius 2 is 2.05 bits per heavy atom. The molecule has 2 fully saturated rings. The predicted molar refractivity (Wildman–Crippen MR) is 83.4 cm³/mol. The Bertz CT molecular complexity index is 254. The number of nitrogens with one attached hydrogen (secondary N) is 1. The van der Waals surface area contributed by atoms with E-state index in [1.807, 2.05) is 0 Å². The van der Waals surface area contributed by atoms with Gasteiger partial charge in [-0.1, -0.05) is 26.2 Å². The molecule has 0 aromatic heterocycles. The van der Waals surface area contributed by atoms with E-state index in [1.54, 1.807) is 0 Å². The largest absolute Gasteiger partial charge is 0.314 e. The van der Waals surface area contributed by atoms with Crippen LogP contribution in [0.5, 0.6) is 0 Å². The summed E-state index contributed by atoms with van der Waals surface area (Å²) in [5.41, 5.74) is 0. The first-order valence-electron chi connectivity index (χ1n) is 8.57. The number of hydrogen-bond donors (Lipinski definition) is 1. The third-order valence-corrected chi connectivity index (χ3v) is 5.43. The van der Waals surface area contributed by atoms with Gasteiger partial charge in [0, 0.05) is 12.6 Å². The van der Waals surface area contributed by atoms with Crippen molar-refractivity contribution in [1.29, 1.82) is 0 Å². The molecule has 2 heteroatoms. The molecule has 1 N–H and O–H groups in total. The van der Waals surface area contributed by atoms with Gasteiger partial charge in [-0.3, -0.25) is 0 Å². The molecule has 0 bridgehead atoms. The fourth-order valence-electron chi connectivity index (χ4n) is 4.12. The molecule has 0 amide bonds. The number of likely N-dealkylation sites (tertiary alicyclic amines) is 1. The highest BCUT2D eigenvalue weighted by Gasteiger charge is 2.23. The van der Waals surface area contributed by atoms with Crippen LogP contribution in [0.15, 0.2) is 0 Å². The zero-order valence-corrected chi connectivity index (χ0v) is 13.3. The minimum Gasteiger partial charge on any atom is -0.314 e. The maximum atomic E-state index is 3.81. The topological polar surface area (TPSA) is 15.3 Å². The van der Waals surface area contributed by atoms with E-state index in [4.69, 9.17) is 0 Å². The maximum absolute atomic E-state index is 3.81. The molecule has 1 aliphatic heterocycles. The van der Waals surface area contributed by atoms with Gasteiger partial charge in [-0.25, -0.2) is 0 Å². The average molecular weight is 266 g/mol. The third kappa shape index (κ3) is 5.07. The second kappa shape index (κ2) is 7.64. The van der Waals surface area contributed by atoms with E-state index in [0.29, 0.717) is 6.04 Å². The minimum atomic E-state index is 0.698. The molecule has 0 spiro atoms. The lowest BCUT2D eigenvalue weighted by atomic mass is 9.81. The lowest BCUT2D eigenvalue weighted by Gasteiger charge is -2.34. The van der Waals surface area contributed by atoms with Crippen molar-refractivity contribution in [3.05, 3.63) is 0 Å². The minimum absolute atomic E-state index is 0.698. The number of hydrogen-bond acceptors (Lipinski definition) is 2. The van der Waals surface area contributed by atoms with E-state index >= 15 is 0 Å². The van der Waals surface area contributed by atoms with Crippen molar-refractivity contribution >= 4 is 0 Å². The molecule has 1 saturated carbocycles. The number of nitrogens with zero attached hydrogens (tertiary/aromatic N) is 1. The SMILES string of the molecule is CC1CCCC(CCNC(C)C2CCCN(C)C2)C1. The molecule has 1 saturated heterocycles. The molecule has 2 aliphatic rings. The Kier molecular flexibility index (Phi) is 6.15. The molecule has 112 valence electrons. The Morgan fingerprint density at radius 1 is 1.21 bits per heavy atom. The van der Waals surface area contributed by atoms with Crippen LogP contribution >= 0.6 is 0 Å². The Morgan fingerprint density at radius 3 is 2.79 bits per heavy atom. The lowest BCUT2D eigenvalue weighted by molar-refractivity contribution is 0.176. The fraction of sp³-hybridized carbons (Fsp3) is 1.00. The highest BCUT2D eigenvalue weighted by molar-refractivity contribution is 4.79. The van der Waals surface area contributed by atoms with Crippen LogP contribution in [-0.2, 0) is 0 Å². The maximum Gasteiger partial charge on any atom is 0.00792 e. The van der Waals surface area contributed by atoms with Crippen LogP contribution < -0.4 is 5.32 Å². The highest BCUT2D eigenvalue weighted by atomic mass is 15.1. The molecule has 4 atom stereocenters. The molecule has 19 heavy (non-hydrogen) atoms. The highest BCUT2D eigenvalue weighted by Crippen LogP contribution is 2.30. The van der Waals surface area contributed by atoms with E-state index in [0.717, 1.165) is 17.8 Å². The van der Waals surface area contributed by atoms with Gasteiger partial charge < -0.3 is 10.2 Å². The van der Waals surface area contributed by atoms with E-state index in [-0.39, 0.29) is 0 Å². The van der Waals surface area contributed by atoms with Crippen LogP contribution in [0.1, 0.15) is 58.8 Å². The summed E-state index contributed by atoms with van der Waals surface area (Å²) in [4.78, 5) is 2.50. The van der Waals surface area contributed by atoms with Crippen molar-refractivity contribution in [2.45, 2.75) is 64.8 Å². The van der Waals surface area contributed by atoms with E-state index in [2.05, 4.69) is 31.1 Å². The van der Waals surface area contributed by atoms with Crippen LogP contribution in [0.2, 0.25) is 0 Å². The van der Waals surface area contributed by atoms with Crippen molar-refractivity contribution in [2.24, 2.45) is 17.8 Å². The summed E-state index contributed by atoms with van der Waals surface area (Å²) >= 11 is 0. The third-order valence-electron chi connectivity index (χ3n) is 5.43. The first-order chi connectivity index (χ1) is 9.15. The van der Waals surface area contributed by atoms with Crippen molar-refractivity contribution in [1.82, 2.24) is 10.2 Å². The summed E-state index contributed by atoms with van der Waals surface area (Å²) < 4.78 is 0. The molecule has 0 radical (unpaired) electrons. The van der Waals surface area contributed by atoms with Crippen LogP contribution in [0.25, 0.3) is 0 Å². The van der Waals surface area contributed by atoms with E-state index < -0.39 is 0 Å². The molecule has 4 unspecified atom stereocenters. The summed E-state index contributed by atoms with van der Waals surface area (Å²) in [7, 11) is 2.27. The average Bonchev–Trinajstić information content (AvgIpc) is 2.38. The molecule has 2 rings (SSSR count). The second-order valence-corrected chi connectivity index (χ2v) is 7.33. The standard InChI is InChI=1S/C17H34N2/c1-14-6-4-7-16(12-14)9-10-18-15(2)17-8-5-11-19(3)13-17/h14-18H,4-13H2,1-3H3. The van der Waals surface area contributed by atoms with Gasteiger partial charge in [0.15, 0.2) is 0 Å². The number of piperidine rings is 1. The summed E-state index contributed by atoms with van der Waals surface area (Å²) in [6, 6.07) is 0.698. The van der Waals surface area contributed by atoms with Crippen LogP contribution in [0.4, 0.5) is 0 Å². The van der Waals surface area contributed by atoms with Gasteiger partial charge in [0.1, 0.15) is 0 Å². The lowest BCUT2D eigenvalue weighted by Crippen LogP contribution is -2.43. The molecule has 0 aromatic rings. The molecular weight excluding hydrogens is 232 g/mol. The van der Waals surface area contributed by atoms with E-state index in [9.17, 15) is 0 Å². The summed E-state index contributed by atoms with van der Waals surface area (Å²) in [5, 5.41) is 3.81. The number of rotatable bonds is 5. The summed E-state index contributed by atoms with van der Waals surface area (Å²) in [6.45, 7) is 8.64. The van der Waals surface area contributed by atoms with Crippen LogP contribution in [0, 0.1) is 17.8 Å². The van der Waals surface area contributed by atoms with Gasteiger partial charge in [0.2, 0.25) is 0 Å². The molecular formula is C17H34N2.